The molecule has 3 N–H and O–H groups in total. The van der Waals surface area contributed by atoms with Gasteiger partial charge < -0.3 is 15.2 Å². The molecule has 14 heteroatoms. The molecule has 3 rings (SSSR count). The van der Waals surface area contributed by atoms with Crippen molar-refractivity contribution < 1.29 is 37.4 Å². The smallest absolute Gasteiger partial charge is 0.422 e. The van der Waals surface area contributed by atoms with Crippen LogP contribution in [0, 0.1) is 12.3 Å². The fraction of sp³-hybridized carbons (Fsp3) is 0.429. The lowest BCUT2D eigenvalue weighted by atomic mass is 9.68. The zero-order valence-corrected chi connectivity index (χ0v) is 19.3. The van der Waals surface area contributed by atoms with Crippen LogP contribution in [0.25, 0.3) is 0 Å². The Morgan fingerprint density at radius 3 is 2.49 bits per heavy atom. The van der Waals surface area contributed by atoms with Crippen LogP contribution in [0.3, 0.4) is 0 Å². The van der Waals surface area contributed by atoms with Gasteiger partial charge in [0.05, 0.1) is 6.04 Å². The highest BCUT2D eigenvalue weighted by Gasteiger charge is 2.51. The summed E-state index contributed by atoms with van der Waals surface area (Å²) in [6.45, 7) is 1.60. The van der Waals surface area contributed by atoms with Crippen molar-refractivity contribution in [3.05, 3.63) is 40.3 Å². The van der Waals surface area contributed by atoms with Gasteiger partial charge in [0.25, 0.3) is 5.91 Å². The summed E-state index contributed by atoms with van der Waals surface area (Å²) in [7, 11) is 0. The molecular weight excluding hydrogens is 495 g/mol. The first-order valence-electron chi connectivity index (χ1n) is 10.4. The molecule has 188 valence electrons. The molecule has 2 aromatic rings. The molecule has 1 aliphatic carbocycles. The van der Waals surface area contributed by atoms with Crippen molar-refractivity contribution in [2.24, 2.45) is 5.41 Å². The Kier molecular flexibility index (Phi) is 7.48. The van der Waals surface area contributed by atoms with Crippen molar-refractivity contribution in [2.45, 2.75) is 45.3 Å². The van der Waals surface area contributed by atoms with E-state index in [0.29, 0.717) is 17.7 Å². The van der Waals surface area contributed by atoms with Crippen LogP contribution in [0.5, 0.6) is 5.88 Å². The number of carbonyl (C=O) groups is 3. The van der Waals surface area contributed by atoms with Crippen molar-refractivity contribution in [1.82, 2.24) is 20.3 Å². The van der Waals surface area contributed by atoms with E-state index < -0.39 is 47.9 Å². The van der Waals surface area contributed by atoms with Crippen LogP contribution in [0.2, 0.25) is 5.02 Å². The number of anilines is 1. The number of alkyl halides is 3. The third-order valence-corrected chi connectivity index (χ3v) is 5.68. The molecule has 2 heterocycles. The van der Waals surface area contributed by atoms with Crippen LogP contribution in [-0.4, -0.2) is 50.6 Å². The molecule has 1 fully saturated rings. The maximum absolute atomic E-state index is 12.7. The quantitative estimate of drug-likeness (QED) is 0.453. The van der Waals surface area contributed by atoms with Gasteiger partial charge in [0.1, 0.15) is 16.1 Å². The van der Waals surface area contributed by atoms with Gasteiger partial charge in [0, 0.05) is 11.9 Å². The number of amides is 2. The first-order chi connectivity index (χ1) is 16.3. The molecule has 0 spiro atoms. The zero-order chi connectivity index (χ0) is 26.0. The molecule has 1 atom stereocenters. The van der Waals surface area contributed by atoms with E-state index in [4.69, 9.17) is 11.6 Å². The second kappa shape index (κ2) is 10.0. The largest absolute Gasteiger partial charge is 0.480 e. The van der Waals surface area contributed by atoms with E-state index in [1.807, 2.05) is 0 Å². The summed E-state index contributed by atoms with van der Waals surface area (Å²) in [5.74, 6) is -3.25. The molecule has 0 saturated heterocycles. The molecule has 35 heavy (non-hydrogen) atoms. The number of carboxylic acid groups (broad SMARTS) is 1. The van der Waals surface area contributed by atoms with E-state index in [-0.39, 0.29) is 29.5 Å². The number of nitrogens with zero attached hydrogens (tertiary/aromatic N) is 3. The Balaban J connectivity index is 1.69. The van der Waals surface area contributed by atoms with Crippen molar-refractivity contribution in [1.29, 1.82) is 0 Å². The van der Waals surface area contributed by atoms with Crippen LogP contribution in [0.1, 0.15) is 54.0 Å². The van der Waals surface area contributed by atoms with Crippen LogP contribution in [0.4, 0.5) is 19.1 Å². The summed E-state index contributed by atoms with van der Waals surface area (Å²) in [4.78, 5) is 48.6. The van der Waals surface area contributed by atoms with Gasteiger partial charge in [0.2, 0.25) is 17.7 Å². The number of carbonyl (C=O) groups excluding carboxylic acids is 2. The van der Waals surface area contributed by atoms with Crippen molar-refractivity contribution in [3.8, 4) is 5.88 Å². The third kappa shape index (κ3) is 6.15. The predicted molar refractivity (Wildman–Crippen MR) is 116 cm³/mol. The van der Waals surface area contributed by atoms with Crippen molar-refractivity contribution in [3.63, 3.8) is 0 Å². The van der Waals surface area contributed by atoms with Gasteiger partial charge in [-0.1, -0.05) is 18.0 Å². The molecular formula is C21H21ClF3N5O5. The highest BCUT2D eigenvalue weighted by molar-refractivity contribution is 6.31. The van der Waals surface area contributed by atoms with Gasteiger partial charge in [-0.05, 0) is 44.4 Å². The number of pyridine rings is 1. The summed E-state index contributed by atoms with van der Waals surface area (Å²) in [6, 6.07) is 2.00. The lowest BCUT2D eigenvalue weighted by Crippen LogP contribution is -2.48. The number of aryl methyl sites for hydroxylation is 1. The standard InChI is InChI=1S/C21H21ClF3N5O5/c1-10-6-14(29-19(27-10)30-17(32)20(18(33)34)4-3-5-20)15(31)28-11(2)12-7-13(22)16(26-8-12)35-9-21(23,24)25/h6-8,11H,3-5,9H2,1-2H3,(H,28,31)(H,33,34)(H,27,29,30,32). The van der Waals surface area contributed by atoms with Gasteiger partial charge in [-0.15, -0.1) is 0 Å². The average Bonchev–Trinajstić information content (AvgIpc) is 2.70. The topological polar surface area (TPSA) is 143 Å². The molecule has 0 aliphatic heterocycles. The molecule has 1 unspecified atom stereocenters. The Bertz CT molecular complexity index is 1160. The number of carboxylic acids is 1. The van der Waals surface area contributed by atoms with Crippen LogP contribution >= 0.6 is 11.6 Å². The van der Waals surface area contributed by atoms with Gasteiger partial charge in [-0.25, -0.2) is 15.0 Å². The first kappa shape index (κ1) is 26.1. The number of aromatic nitrogens is 3. The molecule has 1 aliphatic rings. The first-order valence-corrected chi connectivity index (χ1v) is 10.7. The van der Waals surface area contributed by atoms with Gasteiger partial charge in [0.15, 0.2) is 6.61 Å². The summed E-state index contributed by atoms with van der Waals surface area (Å²) in [5, 5.41) is 14.3. The molecule has 10 nitrogen and oxygen atoms in total. The Morgan fingerprint density at radius 1 is 1.26 bits per heavy atom. The van der Waals surface area contributed by atoms with E-state index in [1.54, 1.807) is 13.8 Å². The predicted octanol–water partition coefficient (Wildman–Crippen LogP) is 3.46. The average molecular weight is 516 g/mol. The SMILES string of the molecule is Cc1cc(C(=O)NC(C)c2cnc(OCC(F)(F)F)c(Cl)c2)nc(NC(=O)C2(C(=O)O)CCC2)n1. The Morgan fingerprint density at radius 2 is 1.94 bits per heavy atom. The van der Waals surface area contributed by atoms with Gasteiger partial charge in [-0.3, -0.25) is 19.7 Å². The maximum Gasteiger partial charge on any atom is 0.422 e. The zero-order valence-electron chi connectivity index (χ0n) is 18.6. The van der Waals surface area contributed by atoms with Gasteiger partial charge >= 0.3 is 12.1 Å². The summed E-state index contributed by atoms with van der Waals surface area (Å²) < 4.78 is 41.5. The van der Waals surface area contributed by atoms with E-state index in [0.717, 1.165) is 0 Å². The maximum atomic E-state index is 12.7. The molecule has 0 bridgehead atoms. The van der Waals surface area contributed by atoms with E-state index >= 15 is 0 Å². The summed E-state index contributed by atoms with van der Waals surface area (Å²) >= 11 is 5.95. The number of halogens is 4. The second-order valence-electron chi connectivity index (χ2n) is 8.07. The molecule has 2 amide bonds. The Labute approximate surface area is 202 Å². The number of hydrogen-bond acceptors (Lipinski definition) is 7. The van der Waals surface area contributed by atoms with Gasteiger partial charge in [-0.2, -0.15) is 13.2 Å². The van der Waals surface area contributed by atoms with E-state index in [9.17, 15) is 32.7 Å². The number of nitrogens with one attached hydrogen (secondary N) is 2. The number of aliphatic carboxylic acids is 1. The molecule has 1 saturated carbocycles. The summed E-state index contributed by atoms with van der Waals surface area (Å²) in [5.41, 5.74) is -0.897. The fourth-order valence-corrected chi connectivity index (χ4v) is 3.55. The fourth-order valence-electron chi connectivity index (χ4n) is 3.32. The number of ether oxygens (including phenoxy) is 1. The lowest BCUT2D eigenvalue weighted by Gasteiger charge is -2.35. The molecule has 2 aromatic heterocycles. The van der Waals surface area contributed by atoms with Crippen molar-refractivity contribution >= 4 is 35.3 Å². The number of hydrogen-bond donors (Lipinski definition) is 3. The van der Waals surface area contributed by atoms with Crippen LogP contribution in [0.15, 0.2) is 18.3 Å². The van der Waals surface area contributed by atoms with Crippen LogP contribution in [-0.2, 0) is 9.59 Å². The highest BCUT2D eigenvalue weighted by atomic mass is 35.5. The molecule has 0 aromatic carbocycles. The normalized spacial score (nSPS) is 15.5. The van der Waals surface area contributed by atoms with E-state index in [1.165, 1.54) is 18.3 Å². The minimum absolute atomic E-state index is 0.0955. The summed E-state index contributed by atoms with van der Waals surface area (Å²) in [6.07, 6.45) is -2.34. The minimum atomic E-state index is -4.55. The van der Waals surface area contributed by atoms with Crippen LogP contribution < -0.4 is 15.4 Å². The lowest BCUT2D eigenvalue weighted by molar-refractivity contribution is -0.160. The Hall–Kier alpha value is -3.48. The number of rotatable bonds is 8. The molecule has 0 radical (unpaired) electrons. The second-order valence-corrected chi connectivity index (χ2v) is 8.47. The van der Waals surface area contributed by atoms with Crippen molar-refractivity contribution in [2.75, 3.05) is 11.9 Å². The third-order valence-electron chi connectivity index (χ3n) is 5.41. The minimum Gasteiger partial charge on any atom is -0.480 e. The highest BCUT2D eigenvalue weighted by Crippen LogP contribution is 2.42. The monoisotopic (exact) mass is 515 g/mol. The van der Waals surface area contributed by atoms with E-state index in [2.05, 4.69) is 30.3 Å².